The van der Waals surface area contributed by atoms with Crippen molar-refractivity contribution in [2.75, 3.05) is 40.8 Å². The summed E-state index contributed by atoms with van der Waals surface area (Å²) in [6.45, 7) is 3.11. The van der Waals surface area contributed by atoms with Crippen LogP contribution in [-0.2, 0) is 6.42 Å². The highest BCUT2D eigenvalue weighted by Crippen LogP contribution is 2.33. The van der Waals surface area contributed by atoms with E-state index in [4.69, 9.17) is 4.52 Å². The molecule has 1 aromatic heterocycles. The van der Waals surface area contributed by atoms with Gasteiger partial charge in [0, 0.05) is 32.1 Å². The fourth-order valence-corrected chi connectivity index (χ4v) is 2.97. The third-order valence-electron chi connectivity index (χ3n) is 4.59. The lowest BCUT2D eigenvalue weighted by atomic mass is 10.1. The molecular formula is C14H25N5O. The molecule has 1 aromatic rings. The quantitative estimate of drug-likeness (QED) is 0.848. The Balaban J connectivity index is 1.66. The third kappa shape index (κ3) is 3.02. The second-order valence-electron chi connectivity index (χ2n) is 6.24. The van der Waals surface area contributed by atoms with Gasteiger partial charge in [-0.2, -0.15) is 4.98 Å². The third-order valence-corrected chi connectivity index (χ3v) is 4.59. The van der Waals surface area contributed by atoms with Crippen molar-refractivity contribution in [3.63, 3.8) is 0 Å². The van der Waals surface area contributed by atoms with Crippen LogP contribution in [0.25, 0.3) is 0 Å². The maximum absolute atomic E-state index is 5.47. The van der Waals surface area contributed by atoms with E-state index in [0.29, 0.717) is 6.04 Å². The van der Waals surface area contributed by atoms with Gasteiger partial charge in [-0.05, 0) is 39.9 Å². The van der Waals surface area contributed by atoms with Crippen molar-refractivity contribution in [3.8, 4) is 0 Å². The summed E-state index contributed by atoms with van der Waals surface area (Å²) < 4.78 is 5.47. The Kier molecular flexibility index (Phi) is 4.05. The highest BCUT2D eigenvalue weighted by atomic mass is 16.5. The Hall–Kier alpha value is -0.980. The lowest BCUT2D eigenvalue weighted by Crippen LogP contribution is -2.45. The molecule has 1 saturated carbocycles. The number of aromatic nitrogens is 2. The molecule has 1 saturated heterocycles. The standard InChI is InChI=1S/C14H25N5O/c1-15-11(10-4-5-10)8-13-16-14(17-20-13)12-9-18(2)6-7-19(12)3/h10-12,15H,4-9H2,1-3H3. The van der Waals surface area contributed by atoms with Gasteiger partial charge in [0.1, 0.15) is 0 Å². The van der Waals surface area contributed by atoms with Crippen LogP contribution in [0.2, 0.25) is 0 Å². The predicted octanol–water partition coefficient (Wildman–Crippen LogP) is 0.528. The molecule has 112 valence electrons. The molecule has 2 fully saturated rings. The first kappa shape index (κ1) is 14.0. The maximum atomic E-state index is 5.47. The minimum atomic E-state index is 0.250. The minimum absolute atomic E-state index is 0.250. The zero-order chi connectivity index (χ0) is 14.1. The summed E-state index contributed by atoms with van der Waals surface area (Å²) in [5, 5.41) is 7.58. The van der Waals surface area contributed by atoms with E-state index in [1.165, 1.54) is 12.8 Å². The zero-order valence-electron chi connectivity index (χ0n) is 12.7. The van der Waals surface area contributed by atoms with Crippen molar-refractivity contribution in [2.45, 2.75) is 31.3 Å². The predicted molar refractivity (Wildman–Crippen MR) is 76.4 cm³/mol. The number of hydrogen-bond donors (Lipinski definition) is 1. The molecule has 0 radical (unpaired) electrons. The number of hydrogen-bond acceptors (Lipinski definition) is 6. The van der Waals surface area contributed by atoms with Crippen molar-refractivity contribution in [1.82, 2.24) is 25.3 Å². The van der Waals surface area contributed by atoms with Gasteiger partial charge in [-0.3, -0.25) is 4.90 Å². The second-order valence-corrected chi connectivity index (χ2v) is 6.24. The molecule has 3 rings (SSSR count). The van der Waals surface area contributed by atoms with Crippen LogP contribution in [0.5, 0.6) is 0 Å². The van der Waals surface area contributed by atoms with Crippen LogP contribution in [-0.4, -0.2) is 66.8 Å². The lowest BCUT2D eigenvalue weighted by Gasteiger charge is -2.35. The SMILES string of the molecule is CNC(Cc1nc(C2CN(C)CCN2C)no1)C1CC1. The molecule has 6 nitrogen and oxygen atoms in total. The van der Waals surface area contributed by atoms with Crippen molar-refractivity contribution < 1.29 is 4.52 Å². The Morgan fingerprint density at radius 3 is 2.85 bits per heavy atom. The molecule has 0 bridgehead atoms. The van der Waals surface area contributed by atoms with Crippen LogP contribution in [0.15, 0.2) is 4.52 Å². The Labute approximate surface area is 120 Å². The van der Waals surface area contributed by atoms with E-state index in [-0.39, 0.29) is 6.04 Å². The van der Waals surface area contributed by atoms with Gasteiger partial charge >= 0.3 is 0 Å². The minimum Gasteiger partial charge on any atom is -0.339 e. The van der Waals surface area contributed by atoms with Crippen LogP contribution in [0.1, 0.15) is 30.6 Å². The van der Waals surface area contributed by atoms with E-state index in [1.807, 2.05) is 7.05 Å². The van der Waals surface area contributed by atoms with Crippen LogP contribution < -0.4 is 5.32 Å². The van der Waals surface area contributed by atoms with Crippen LogP contribution in [0.4, 0.5) is 0 Å². The van der Waals surface area contributed by atoms with E-state index < -0.39 is 0 Å². The topological polar surface area (TPSA) is 57.4 Å². The van der Waals surface area contributed by atoms with E-state index >= 15 is 0 Å². The molecule has 6 heteroatoms. The molecule has 2 unspecified atom stereocenters. The Morgan fingerprint density at radius 1 is 1.35 bits per heavy atom. The molecule has 1 aliphatic carbocycles. The number of nitrogens with one attached hydrogen (secondary N) is 1. The summed E-state index contributed by atoms with van der Waals surface area (Å²) in [6, 6.07) is 0.732. The average Bonchev–Trinajstić information content (AvgIpc) is 3.18. The first-order valence-electron chi connectivity index (χ1n) is 7.56. The summed E-state index contributed by atoms with van der Waals surface area (Å²) in [7, 11) is 6.30. The van der Waals surface area contributed by atoms with E-state index in [9.17, 15) is 0 Å². The first-order chi connectivity index (χ1) is 9.67. The highest BCUT2D eigenvalue weighted by molar-refractivity contribution is 5.00. The lowest BCUT2D eigenvalue weighted by molar-refractivity contribution is 0.108. The van der Waals surface area contributed by atoms with Crippen LogP contribution in [0.3, 0.4) is 0 Å². The summed E-state index contributed by atoms with van der Waals surface area (Å²) in [5.41, 5.74) is 0. The van der Waals surface area contributed by atoms with Crippen molar-refractivity contribution in [3.05, 3.63) is 11.7 Å². The van der Waals surface area contributed by atoms with Crippen molar-refractivity contribution in [2.24, 2.45) is 5.92 Å². The van der Waals surface area contributed by atoms with Gasteiger partial charge in [-0.15, -0.1) is 0 Å². The van der Waals surface area contributed by atoms with Crippen LogP contribution in [0, 0.1) is 5.92 Å². The fourth-order valence-electron chi connectivity index (χ4n) is 2.97. The number of nitrogens with zero attached hydrogens (tertiary/aromatic N) is 4. The zero-order valence-corrected chi connectivity index (χ0v) is 12.7. The summed E-state index contributed by atoms with van der Waals surface area (Å²) in [6.07, 6.45) is 3.49. The van der Waals surface area contributed by atoms with Crippen molar-refractivity contribution >= 4 is 0 Å². The van der Waals surface area contributed by atoms with Gasteiger partial charge in [0.25, 0.3) is 0 Å². The largest absolute Gasteiger partial charge is 0.339 e. The monoisotopic (exact) mass is 279 g/mol. The van der Waals surface area contributed by atoms with E-state index in [2.05, 4.69) is 39.4 Å². The molecule has 0 spiro atoms. The fraction of sp³-hybridized carbons (Fsp3) is 0.857. The van der Waals surface area contributed by atoms with Gasteiger partial charge in [0.15, 0.2) is 5.82 Å². The highest BCUT2D eigenvalue weighted by Gasteiger charge is 2.32. The Bertz CT molecular complexity index is 445. The molecule has 0 amide bonds. The number of piperazine rings is 1. The van der Waals surface area contributed by atoms with E-state index in [0.717, 1.165) is 43.7 Å². The van der Waals surface area contributed by atoms with Gasteiger partial charge in [0.2, 0.25) is 5.89 Å². The molecule has 2 atom stereocenters. The van der Waals surface area contributed by atoms with Gasteiger partial charge < -0.3 is 14.7 Å². The molecule has 1 aliphatic heterocycles. The summed E-state index contributed by atoms with van der Waals surface area (Å²) in [5.74, 6) is 2.39. The molecule has 2 heterocycles. The molecule has 0 aromatic carbocycles. The first-order valence-corrected chi connectivity index (χ1v) is 7.56. The summed E-state index contributed by atoms with van der Waals surface area (Å²) in [4.78, 5) is 9.26. The molecule has 2 aliphatic rings. The summed E-state index contributed by atoms with van der Waals surface area (Å²) >= 11 is 0. The Morgan fingerprint density at radius 2 is 2.15 bits per heavy atom. The van der Waals surface area contributed by atoms with Crippen molar-refractivity contribution in [1.29, 1.82) is 0 Å². The van der Waals surface area contributed by atoms with Gasteiger partial charge in [-0.1, -0.05) is 5.16 Å². The molecule has 20 heavy (non-hydrogen) atoms. The van der Waals surface area contributed by atoms with E-state index in [1.54, 1.807) is 0 Å². The normalized spacial score (nSPS) is 26.9. The smallest absolute Gasteiger partial charge is 0.228 e. The molecule has 1 N–H and O–H groups in total. The number of likely N-dealkylation sites (N-methyl/N-ethyl adjacent to an activating group) is 3. The second kappa shape index (κ2) is 5.79. The van der Waals surface area contributed by atoms with Crippen LogP contribution >= 0.6 is 0 Å². The molecular weight excluding hydrogens is 254 g/mol. The van der Waals surface area contributed by atoms with Gasteiger partial charge in [0.05, 0.1) is 6.04 Å². The number of rotatable bonds is 5. The average molecular weight is 279 g/mol. The van der Waals surface area contributed by atoms with Gasteiger partial charge in [-0.25, -0.2) is 0 Å². The maximum Gasteiger partial charge on any atom is 0.228 e.